The minimum absolute atomic E-state index is 0.167. The molecule has 0 aromatic heterocycles. The first-order chi connectivity index (χ1) is 6.04. The van der Waals surface area contributed by atoms with E-state index in [0.717, 1.165) is 0 Å². The lowest BCUT2D eigenvalue weighted by atomic mass is 10.0. The smallest absolute Gasteiger partial charge is 0.126 e. The highest BCUT2D eigenvalue weighted by molar-refractivity contribution is 5.72. The van der Waals surface area contributed by atoms with Crippen LogP contribution in [0, 0.1) is 0 Å². The van der Waals surface area contributed by atoms with Crippen LogP contribution in [0.4, 0.5) is 0 Å². The van der Waals surface area contributed by atoms with E-state index in [0.29, 0.717) is 5.92 Å². The van der Waals surface area contributed by atoms with Crippen molar-refractivity contribution >= 4 is 5.78 Å². The Morgan fingerprint density at radius 3 is 1.69 bits per heavy atom. The molecular weight excluding hydrogens is 160 g/mol. The van der Waals surface area contributed by atoms with Crippen molar-refractivity contribution in [2.75, 3.05) is 0 Å². The van der Waals surface area contributed by atoms with Crippen LogP contribution in [0.5, 0.6) is 0 Å². The highest BCUT2D eigenvalue weighted by Gasteiger charge is 1.93. The average molecular weight is 178 g/mol. The highest BCUT2D eigenvalue weighted by Crippen LogP contribution is 2.11. The molecule has 1 aromatic rings. The van der Waals surface area contributed by atoms with Crippen LogP contribution in [0.2, 0.25) is 0 Å². The maximum atomic E-state index is 9.44. The molecule has 0 saturated carbocycles. The lowest BCUT2D eigenvalue weighted by molar-refractivity contribution is -0.114. The Labute approximate surface area is 80.8 Å². The van der Waals surface area contributed by atoms with Crippen LogP contribution in [0.1, 0.15) is 39.2 Å². The fourth-order valence-electron chi connectivity index (χ4n) is 0.838. The molecule has 0 N–H and O–H groups in total. The van der Waals surface area contributed by atoms with Crippen LogP contribution in [0.25, 0.3) is 0 Å². The molecule has 1 aromatic carbocycles. The van der Waals surface area contributed by atoms with Crippen LogP contribution in [-0.4, -0.2) is 5.78 Å². The molecule has 1 heteroatoms. The number of hydrogen-bond donors (Lipinski definition) is 0. The molecule has 0 heterocycles. The number of carbonyl (C=O) groups is 1. The predicted octanol–water partition coefficient (Wildman–Crippen LogP) is 3.41. The van der Waals surface area contributed by atoms with Crippen molar-refractivity contribution in [3.8, 4) is 0 Å². The first-order valence-corrected chi connectivity index (χ1v) is 4.56. The summed E-state index contributed by atoms with van der Waals surface area (Å²) in [5.74, 6) is 0.825. The summed E-state index contributed by atoms with van der Waals surface area (Å²) in [5.41, 5.74) is 1.41. The zero-order chi connectivity index (χ0) is 10.3. The Kier molecular flexibility index (Phi) is 5.86. The van der Waals surface area contributed by atoms with E-state index >= 15 is 0 Å². The molecule has 1 rings (SSSR count). The predicted molar refractivity (Wildman–Crippen MR) is 56.9 cm³/mol. The van der Waals surface area contributed by atoms with Crippen LogP contribution in [-0.2, 0) is 4.79 Å². The van der Waals surface area contributed by atoms with Gasteiger partial charge in [0.1, 0.15) is 5.78 Å². The summed E-state index contributed by atoms with van der Waals surface area (Å²) in [6, 6.07) is 10.5. The largest absolute Gasteiger partial charge is 0.300 e. The summed E-state index contributed by atoms with van der Waals surface area (Å²) >= 11 is 0. The van der Waals surface area contributed by atoms with E-state index in [1.807, 2.05) is 6.07 Å². The summed E-state index contributed by atoms with van der Waals surface area (Å²) in [6.07, 6.45) is 0. The zero-order valence-electron chi connectivity index (χ0n) is 8.87. The Morgan fingerprint density at radius 1 is 1.08 bits per heavy atom. The maximum Gasteiger partial charge on any atom is 0.126 e. The Balaban J connectivity index is 0.000000310. The van der Waals surface area contributed by atoms with E-state index in [1.54, 1.807) is 0 Å². The van der Waals surface area contributed by atoms with E-state index in [1.165, 1.54) is 19.4 Å². The van der Waals surface area contributed by atoms with Gasteiger partial charge in [-0.25, -0.2) is 0 Å². The first kappa shape index (κ1) is 11.9. The normalized spacial score (nSPS) is 9.00. The van der Waals surface area contributed by atoms with Gasteiger partial charge in [0.15, 0.2) is 0 Å². The van der Waals surface area contributed by atoms with Crippen LogP contribution in [0.15, 0.2) is 30.3 Å². The molecule has 72 valence electrons. The van der Waals surface area contributed by atoms with Gasteiger partial charge in [0.25, 0.3) is 0 Å². The molecule has 0 aliphatic heterocycles. The molecule has 0 aliphatic rings. The van der Waals surface area contributed by atoms with Crippen molar-refractivity contribution in [3.63, 3.8) is 0 Å². The number of hydrogen-bond acceptors (Lipinski definition) is 1. The Hall–Kier alpha value is -1.11. The van der Waals surface area contributed by atoms with E-state index in [-0.39, 0.29) is 5.78 Å². The van der Waals surface area contributed by atoms with E-state index in [4.69, 9.17) is 0 Å². The van der Waals surface area contributed by atoms with Gasteiger partial charge in [-0.2, -0.15) is 0 Å². The number of carbonyl (C=O) groups excluding carboxylic acids is 1. The van der Waals surface area contributed by atoms with Crippen LogP contribution < -0.4 is 0 Å². The molecule has 0 atom stereocenters. The SMILES string of the molecule is CC(C)=O.CC(C)c1ccccc1. The second-order valence-corrected chi connectivity index (χ2v) is 3.47. The van der Waals surface area contributed by atoms with Gasteiger partial charge < -0.3 is 4.79 Å². The van der Waals surface area contributed by atoms with Crippen molar-refractivity contribution in [2.45, 2.75) is 33.6 Å². The Bertz CT molecular complexity index is 233. The Morgan fingerprint density at radius 2 is 1.46 bits per heavy atom. The third kappa shape index (κ3) is 7.26. The molecule has 0 bridgehead atoms. The number of Topliss-reactive ketones (excluding diaryl/α,β-unsaturated/α-hetero) is 1. The summed E-state index contributed by atoms with van der Waals surface area (Å²) in [6.45, 7) is 7.46. The van der Waals surface area contributed by atoms with Gasteiger partial charge >= 0.3 is 0 Å². The molecule has 0 spiro atoms. The van der Waals surface area contributed by atoms with E-state index in [9.17, 15) is 4.79 Å². The number of ketones is 1. The zero-order valence-corrected chi connectivity index (χ0v) is 8.87. The van der Waals surface area contributed by atoms with Crippen LogP contribution >= 0.6 is 0 Å². The second kappa shape index (κ2) is 6.41. The molecule has 0 radical (unpaired) electrons. The third-order valence-corrected chi connectivity index (χ3v) is 1.47. The third-order valence-electron chi connectivity index (χ3n) is 1.47. The standard InChI is InChI=1S/C9H12.C3H6O/c1-8(2)9-6-4-3-5-7-9;1-3(2)4/h3-8H,1-2H3;1-2H3. The van der Waals surface area contributed by atoms with Crippen molar-refractivity contribution in [1.29, 1.82) is 0 Å². The lowest BCUT2D eigenvalue weighted by Gasteiger charge is -2.01. The topological polar surface area (TPSA) is 17.1 Å². The van der Waals surface area contributed by atoms with Gasteiger partial charge in [0.2, 0.25) is 0 Å². The molecule has 0 saturated heterocycles. The quantitative estimate of drug-likeness (QED) is 0.644. The molecule has 1 nitrogen and oxygen atoms in total. The van der Waals surface area contributed by atoms with Gasteiger partial charge in [-0.3, -0.25) is 0 Å². The van der Waals surface area contributed by atoms with E-state index < -0.39 is 0 Å². The van der Waals surface area contributed by atoms with Gasteiger partial charge in [-0.05, 0) is 25.3 Å². The molecule has 0 unspecified atom stereocenters. The number of rotatable bonds is 1. The molecule has 0 amide bonds. The maximum absolute atomic E-state index is 9.44. The molecule has 0 aliphatic carbocycles. The van der Waals surface area contributed by atoms with Gasteiger partial charge in [-0.15, -0.1) is 0 Å². The minimum Gasteiger partial charge on any atom is -0.300 e. The summed E-state index contributed by atoms with van der Waals surface area (Å²) in [4.78, 5) is 9.44. The van der Waals surface area contributed by atoms with Gasteiger partial charge in [-0.1, -0.05) is 44.2 Å². The monoisotopic (exact) mass is 178 g/mol. The van der Waals surface area contributed by atoms with Crippen molar-refractivity contribution < 1.29 is 4.79 Å². The fraction of sp³-hybridized carbons (Fsp3) is 0.417. The molecule has 13 heavy (non-hydrogen) atoms. The van der Waals surface area contributed by atoms with Gasteiger partial charge in [0, 0.05) is 0 Å². The molecular formula is C12H18O. The fourth-order valence-corrected chi connectivity index (χ4v) is 0.838. The van der Waals surface area contributed by atoms with Crippen molar-refractivity contribution in [1.82, 2.24) is 0 Å². The van der Waals surface area contributed by atoms with Crippen molar-refractivity contribution in [2.24, 2.45) is 0 Å². The van der Waals surface area contributed by atoms with E-state index in [2.05, 4.69) is 38.1 Å². The number of benzene rings is 1. The molecule has 0 fully saturated rings. The lowest BCUT2D eigenvalue weighted by Crippen LogP contribution is -1.83. The minimum atomic E-state index is 0.167. The van der Waals surface area contributed by atoms with Crippen LogP contribution in [0.3, 0.4) is 0 Å². The average Bonchev–Trinajstić information content (AvgIpc) is 2.05. The highest BCUT2D eigenvalue weighted by atomic mass is 16.1. The summed E-state index contributed by atoms with van der Waals surface area (Å²) in [5, 5.41) is 0. The first-order valence-electron chi connectivity index (χ1n) is 4.56. The van der Waals surface area contributed by atoms with Gasteiger partial charge in [0.05, 0.1) is 0 Å². The van der Waals surface area contributed by atoms with Crippen molar-refractivity contribution in [3.05, 3.63) is 35.9 Å². The summed E-state index contributed by atoms with van der Waals surface area (Å²) < 4.78 is 0. The second-order valence-electron chi connectivity index (χ2n) is 3.47. The summed E-state index contributed by atoms with van der Waals surface area (Å²) in [7, 11) is 0.